The van der Waals surface area contributed by atoms with E-state index in [2.05, 4.69) is 28.5 Å². The fourth-order valence-electron chi connectivity index (χ4n) is 4.02. The van der Waals surface area contributed by atoms with Gasteiger partial charge >= 0.3 is 0 Å². The average Bonchev–Trinajstić information content (AvgIpc) is 3.13. The number of aromatic amines is 1. The van der Waals surface area contributed by atoms with Crippen LogP contribution in [-0.2, 0) is 9.59 Å². The predicted molar refractivity (Wildman–Crippen MR) is 112 cm³/mol. The van der Waals surface area contributed by atoms with Crippen molar-refractivity contribution >= 4 is 39.9 Å². The van der Waals surface area contributed by atoms with E-state index in [1.807, 2.05) is 30.3 Å². The lowest BCUT2D eigenvalue weighted by molar-refractivity contribution is -0.139. The largest absolute Gasteiger partial charge is 0.381 e. The number of fused-ring (bicyclic) bond motifs is 1. The number of nitrogens with two attached hydrogens (primary N) is 1. The lowest BCUT2D eigenvalue weighted by Gasteiger charge is -2.28. The molecule has 4 rings (SSSR count). The maximum absolute atomic E-state index is 11.8. The van der Waals surface area contributed by atoms with Crippen LogP contribution in [0.4, 0.5) is 5.69 Å². The Labute approximate surface area is 168 Å². The number of amides is 1. The normalized spacial score (nSPS) is 19.5. The van der Waals surface area contributed by atoms with Crippen molar-refractivity contribution in [2.45, 2.75) is 31.7 Å². The molecule has 1 heterocycles. The quantitative estimate of drug-likeness (QED) is 0.555. The third-order valence-corrected chi connectivity index (χ3v) is 5.70. The number of carbonyl (C=O) groups is 2. The van der Waals surface area contributed by atoms with Crippen LogP contribution in [0.2, 0.25) is 5.02 Å². The molecular weight excluding hydrogens is 374 g/mol. The van der Waals surface area contributed by atoms with E-state index in [0.717, 1.165) is 40.7 Å². The maximum Gasteiger partial charge on any atom is 0.285 e. The molecule has 5 nitrogen and oxygen atoms in total. The first-order valence-corrected chi connectivity index (χ1v) is 9.87. The number of H-pyrrole nitrogens is 1. The standard InChI is InChI=1S/C22H22ClN3O2/c23-16-10-15-11-18(13-4-2-1-3-5-13)26-20(15)19(12-16)25-17-8-6-14(7-9-17)21(27)22(24)28/h1-5,10-12,14,17,25-26H,6-9H2,(H2,24,28). The molecule has 1 amide bonds. The van der Waals surface area contributed by atoms with Crippen molar-refractivity contribution in [1.82, 2.24) is 4.98 Å². The van der Waals surface area contributed by atoms with Crippen LogP contribution < -0.4 is 11.1 Å². The van der Waals surface area contributed by atoms with Gasteiger partial charge in [-0.2, -0.15) is 0 Å². The molecule has 1 fully saturated rings. The smallest absolute Gasteiger partial charge is 0.285 e. The van der Waals surface area contributed by atoms with Gasteiger partial charge in [0.05, 0.1) is 11.2 Å². The lowest BCUT2D eigenvalue weighted by atomic mass is 9.83. The number of hydrogen-bond acceptors (Lipinski definition) is 3. The van der Waals surface area contributed by atoms with Crippen molar-refractivity contribution in [2.75, 3.05) is 5.32 Å². The van der Waals surface area contributed by atoms with E-state index in [-0.39, 0.29) is 12.0 Å². The van der Waals surface area contributed by atoms with Gasteiger partial charge in [0.2, 0.25) is 5.78 Å². The molecule has 0 radical (unpaired) electrons. The van der Waals surface area contributed by atoms with Crippen molar-refractivity contribution in [1.29, 1.82) is 0 Å². The minimum absolute atomic E-state index is 0.224. The summed E-state index contributed by atoms with van der Waals surface area (Å²) in [5.41, 5.74) is 9.25. The van der Waals surface area contributed by atoms with E-state index >= 15 is 0 Å². The van der Waals surface area contributed by atoms with Crippen LogP contribution in [0.15, 0.2) is 48.5 Å². The Morgan fingerprint density at radius 1 is 1.04 bits per heavy atom. The molecule has 1 aliphatic rings. The van der Waals surface area contributed by atoms with Crippen LogP contribution in [0.1, 0.15) is 25.7 Å². The number of anilines is 1. The molecule has 144 valence electrons. The second-order valence-corrected chi connectivity index (χ2v) is 7.82. The fraction of sp³-hybridized carbons (Fsp3) is 0.273. The van der Waals surface area contributed by atoms with E-state index in [4.69, 9.17) is 17.3 Å². The second-order valence-electron chi connectivity index (χ2n) is 7.39. The summed E-state index contributed by atoms with van der Waals surface area (Å²) in [6.45, 7) is 0. The number of halogens is 1. The minimum Gasteiger partial charge on any atom is -0.381 e. The molecule has 6 heteroatoms. The van der Waals surface area contributed by atoms with Crippen LogP contribution in [0.5, 0.6) is 0 Å². The Bertz CT molecular complexity index is 1020. The Morgan fingerprint density at radius 2 is 1.75 bits per heavy atom. The van der Waals surface area contributed by atoms with E-state index in [9.17, 15) is 9.59 Å². The maximum atomic E-state index is 11.8. The molecule has 0 spiro atoms. The Hall–Kier alpha value is -2.79. The average molecular weight is 396 g/mol. The Balaban J connectivity index is 1.55. The third kappa shape index (κ3) is 3.76. The highest BCUT2D eigenvalue weighted by molar-refractivity contribution is 6.36. The van der Waals surface area contributed by atoms with Crippen molar-refractivity contribution in [3.8, 4) is 11.3 Å². The number of rotatable bonds is 5. The molecule has 1 saturated carbocycles. The minimum atomic E-state index is -0.826. The number of ketones is 1. The molecule has 2 aromatic carbocycles. The van der Waals surface area contributed by atoms with Crippen molar-refractivity contribution in [2.24, 2.45) is 11.7 Å². The summed E-state index contributed by atoms with van der Waals surface area (Å²) < 4.78 is 0. The van der Waals surface area contributed by atoms with Gasteiger partial charge in [0.15, 0.2) is 0 Å². The molecule has 28 heavy (non-hydrogen) atoms. The summed E-state index contributed by atoms with van der Waals surface area (Å²) in [7, 11) is 0. The van der Waals surface area contributed by atoms with E-state index in [1.165, 1.54) is 0 Å². The molecule has 4 N–H and O–H groups in total. The highest BCUT2D eigenvalue weighted by atomic mass is 35.5. The lowest BCUT2D eigenvalue weighted by Crippen LogP contribution is -2.35. The molecular formula is C22H22ClN3O2. The van der Waals surface area contributed by atoms with Crippen molar-refractivity contribution in [3.63, 3.8) is 0 Å². The highest BCUT2D eigenvalue weighted by Gasteiger charge is 2.29. The van der Waals surface area contributed by atoms with Crippen molar-refractivity contribution in [3.05, 3.63) is 53.6 Å². The number of carbonyl (C=O) groups excluding carboxylic acids is 2. The number of benzene rings is 2. The van der Waals surface area contributed by atoms with E-state index in [1.54, 1.807) is 0 Å². The van der Waals surface area contributed by atoms with Gasteiger partial charge in [-0.25, -0.2) is 0 Å². The summed E-state index contributed by atoms with van der Waals surface area (Å²) >= 11 is 6.35. The molecule has 3 aromatic rings. The van der Waals surface area contributed by atoms with E-state index < -0.39 is 11.7 Å². The third-order valence-electron chi connectivity index (χ3n) is 5.48. The van der Waals surface area contributed by atoms with Gasteiger partial charge in [0, 0.05) is 28.1 Å². The van der Waals surface area contributed by atoms with Gasteiger partial charge in [0.1, 0.15) is 0 Å². The number of nitrogens with one attached hydrogen (secondary N) is 2. The summed E-state index contributed by atoms with van der Waals surface area (Å²) in [6.07, 6.45) is 2.96. The first-order valence-electron chi connectivity index (χ1n) is 9.49. The fourth-order valence-corrected chi connectivity index (χ4v) is 4.24. The summed E-state index contributed by atoms with van der Waals surface area (Å²) in [6, 6.07) is 16.4. The molecule has 0 saturated heterocycles. The van der Waals surface area contributed by atoms with Gasteiger partial charge in [-0.3, -0.25) is 9.59 Å². The zero-order valence-electron chi connectivity index (χ0n) is 15.4. The van der Waals surface area contributed by atoms with Crippen LogP contribution >= 0.6 is 11.6 Å². The van der Waals surface area contributed by atoms with Gasteiger partial charge in [0.25, 0.3) is 5.91 Å². The number of Topliss-reactive ketones (excluding diaryl/α,β-unsaturated/α-hetero) is 1. The zero-order valence-corrected chi connectivity index (χ0v) is 16.1. The molecule has 0 bridgehead atoms. The predicted octanol–water partition coefficient (Wildman–Crippen LogP) is 4.51. The number of hydrogen-bond donors (Lipinski definition) is 3. The van der Waals surface area contributed by atoms with Crippen molar-refractivity contribution < 1.29 is 9.59 Å². The molecule has 1 aliphatic carbocycles. The molecule has 0 unspecified atom stereocenters. The van der Waals surface area contributed by atoms with Crippen LogP contribution in [0.25, 0.3) is 22.2 Å². The van der Waals surface area contributed by atoms with Gasteiger partial charge in [-0.05, 0) is 49.4 Å². The van der Waals surface area contributed by atoms with Gasteiger partial charge in [-0.1, -0.05) is 41.9 Å². The summed E-state index contributed by atoms with van der Waals surface area (Å²) in [5.74, 6) is -1.52. The Morgan fingerprint density at radius 3 is 2.43 bits per heavy atom. The topological polar surface area (TPSA) is 88.0 Å². The number of primary amides is 1. The zero-order chi connectivity index (χ0) is 19.7. The molecule has 0 aliphatic heterocycles. The second kappa shape index (κ2) is 7.68. The first-order chi connectivity index (χ1) is 13.5. The van der Waals surface area contributed by atoms with Gasteiger partial charge in [-0.15, -0.1) is 0 Å². The monoisotopic (exact) mass is 395 g/mol. The van der Waals surface area contributed by atoms with Crippen LogP contribution in [0.3, 0.4) is 0 Å². The molecule has 0 atom stereocenters. The van der Waals surface area contributed by atoms with Crippen LogP contribution in [0, 0.1) is 5.92 Å². The van der Waals surface area contributed by atoms with E-state index in [0.29, 0.717) is 17.9 Å². The SMILES string of the molecule is NC(=O)C(=O)C1CCC(Nc2cc(Cl)cc3cc(-c4ccccc4)[nH]c23)CC1. The highest BCUT2D eigenvalue weighted by Crippen LogP contribution is 2.34. The summed E-state index contributed by atoms with van der Waals surface area (Å²) in [4.78, 5) is 26.4. The molecule has 1 aromatic heterocycles. The van der Waals surface area contributed by atoms with Crippen LogP contribution in [-0.4, -0.2) is 22.7 Å². The Kier molecular flexibility index (Phi) is 5.09. The first kappa shape index (κ1) is 18.6. The van der Waals surface area contributed by atoms with Gasteiger partial charge < -0.3 is 16.0 Å². The summed E-state index contributed by atoms with van der Waals surface area (Å²) in [5, 5.41) is 5.30. The number of aromatic nitrogens is 1.